The third-order valence-corrected chi connectivity index (χ3v) is 10.6. The Bertz CT molecular complexity index is 1720. The van der Waals surface area contributed by atoms with Crippen molar-refractivity contribution in [2.45, 2.75) is 49.9 Å². The standard InChI is InChI=1S/C33H34FN3O7/c1-36(2)26-19-12-16-11-17-22(28(39)20(16)30(41)33(19,44)31(42)23(29(26)40)32(35)43)27(38)18-10-15-8-9-37(25(15)21(18)24(17)34)13-14-6-4-3-5-7-14/h3-7,15-16,19,25-26,38-39,42,44H,8-13H2,1-2H3,(H2,35,43)/t15?,16-,19-,25?,26-,33-/m0/s1. The van der Waals surface area contributed by atoms with Crippen LogP contribution in [0.3, 0.4) is 0 Å². The van der Waals surface area contributed by atoms with Gasteiger partial charge in [-0.3, -0.25) is 24.2 Å². The molecule has 10 nitrogen and oxygen atoms in total. The molecular formula is C33H34FN3O7. The molecule has 6 atom stereocenters. The molecule has 1 aliphatic heterocycles. The lowest BCUT2D eigenvalue weighted by atomic mass is 9.57. The van der Waals surface area contributed by atoms with Crippen molar-refractivity contribution in [1.82, 2.24) is 9.80 Å². The highest BCUT2D eigenvalue weighted by atomic mass is 19.1. The number of likely N-dealkylation sites (N-methyl/N-ethyl adjacent to an activating group) is 1. The van der Waals surface area contributed by atoms with Crippen LogP contribution in [0.15, 0.2) is 47.2 Å². The molecule has 2 aromatic carbocycles. The SMILES string of the molecule is CN(C)[C@@H]1C(=O)C(C(N)=O)=C(O)[C@@]2(O)C(=O)C3=C(O)c4c(O)c5c(c(F)c4C[C@H]3C[C@@H]12)C1C(CCN1Cc1ccccc1)C5. The van der Waals surface area contributed by atoms with Crippen LogP contribution in [0.4, 0.5) is 4.39 Å². The zero-order valence-corrected chi connectivity index (χ0v) is 24.4. The lowest BCUT2D eigenvalue weighted by Crippen LogP contribution is -2.65. The molecule has 1 amide bonds. The smallest absolute Gasteiger partial charge is 0.255 e. The monoisotopic (exact) mass is 603 g/mol. The van der Waals surface area contributed by atoms with Gasteiger partial charge in [0.1, 0.15) is 28.7 Å². The van der Waals surface area contributed by atoms with Gasteiger partial charge in [0.15, 0.2) is 11.4 Å². The molecular weight excluding hydrogens is 569 g/mol. The molecule has 1 saturated heterocycles. The van der Waals surface area contributed by atoms with E-state index in [9.17, 15) is 34.8 Å². The first-order valence-electron chi connectivity index (χ1n) is 14.9. The Morgan fingerprint density at radius 3 is 2.48 bits per heavy atom. The van der Waals surface area contributed by atoms with Crippen molar-refractivity contribution in [2.75, 3.05) is 20.6 Å². The van der Waals surface area contributed by atoms with Crippen molar-refractivity contribution >= 4 is 23.2 Å². The Labute approximate surface area is 252 Å². The third-order valence-electron chi connectivity index (χ3n) is 10.6. The number of phenols is 1. The highest BCUT2D eigenvalue weighted by Crippen LogP contribution is 2.57. The van der Waals surface area contributed by atoms with Crippen molar-refractivity contribution < 1.29 is 39.2 Å². The second-order valence-corrected chi connectivity index (χ2v) is 13.0. The van der Waals surface area contributed by atoms with Gasteiger partial charge in [0.05, 0.1) is 11.6 Å². The molecule has 2 unspecified atom stereocenters. The average molecular weight is 604 g/mol. The van der Waals surface area contributed by atoms with Crippen LogP contribution in [0.1, 0.15) is 46.7 Å². The number of nitrogens with zero attached hydrogens (tertiary/aromatic N) is 2. The number of carbonyl (C=O) groups is 3. The third kappa shape index (κ3) is 3.66. The summed E-state index contributed by atoms with van der Waals surface area (Å²) in [5, 5.41) is 45.9. The molecule has 0 radical (unpaired) electrons. The van der Waals surface area contributed by atoms with Gasteiger partial charge >= 0.3 is 0 Å². The number of nitrogens with two attached hydrogens (primary N) is 1. The molecule has 44 heavy (non-hydrogen) atoms. The Morgan fingerprint density at radius 2 is 1.82 bits per heavy atom. The van der Waals surface area contributed by atoms with Gasteiger partial charge in [-0.15, -0.1) is 0 Å². The van der Waals surface area contributed by atoms with Crippen LogP contribution in [0.2, 0.25) is 0 Å². The van der Waals surface area contributed by atoms with Crippen molar-refractivity contribution in [2.24, 2.45) is 23.5 Å². The van der Waals surface area contributed by atoms with Gasteiger partial charge in [-0.05, 0) is 63.7 Å². The number of hydrogen-bond acceptors (Lipinski definition) is 9. The number of ketones is 2. The number of benzene rings is 2. The highest BCUT2D eigenvalue weighted by Gasteiger charge is 2.64. The summed E-state index contributed by atoms with van der Waals surface area (Å²) in [7, 11) is 3.07. The van der Waals surface area contributed by atoms with E-state index in [0.29, 0.717) is 24.1 Å². The maximum absolute atomic E-state index is 16.7. The molecule has 4 aliphatic carbocycles. The van der Waals surface area contributed by atoms with E-state index in [1.165, 1.54) is 19.0 Å². The predicted octanol–water partition coefficient (Wildman–Crippen LogP) is 2.22. The summed E-state index contributed by atoms with van der Waals surface area (Å²) >= 11 is 0. The maximum atomic E-state index is 16.7. The zero-order chi connectivity index (χ0) is 31.4. The minimum Gasteiger partial charge on any atom is -0.508 e. The average Bonchev–Trinajstić information content (AvgIpc) is 3.54. The highest BCUT2D eigenvalue weighted by molar-refractivity contribution is 6.24. The fourth-order valence-electron chi connectivity index (χ4n) is 8.74. The molecule has 5 aliphatic rings. The number of carbonyl (C=O) groups excluding carboxylic acids is 3. The lowest BCUT2D eigenvalue weighted by molar-refractivity contribution is -0.153. The van der Waals surface area contributed by atoms with Crippen molar-refractivity contribution in [3.05, 3.63) is 80.9 Å². The molecule has 1 saturated carbocycles. The van der Waals surface area contributed by atoms with Crippen molar-refractivity contribution in [3.63, 3.8) is 0 Å². The van der Waals surface area contributed by atoms with E-state index >= 15 is 4.39 Å². The number of rotatable bonds is 4. The topological polar surface area (TPSA) is 165 Å². The summed E-state index contributed by atoms with van der Waals surface area (Å²) in [5.41, 5.74) is 3.30. The number of likely N-dealkylation sites (tertiary alicyclic amines) is 1. The molecule has 0 spiro atoms. The van der Waals surface area contributed by atoms with E-state index in [4.69, 9.17) is 5.73 Å². The number of primary amides is 1. The van der Waals surface area contributed by atoms with E-state index in [-0.39, 0.29) is 47.3 Å². The molecule has 1 heterocycles. The first kappa shape index (κ1) is 28.7. The van der Waals surface area contributed by atoms with E-state index in [2.05, 4.69) is 4.90 Å². The van der Waals surface area contributed by atoms with Crippen LogP contribution in [0.25, 0.3) is 5.76 Å². The summed E-state index contributed by atoms with van der Waals surface area (Å²) in [4.78, 5) is 43.2. The molecule has 230 valence electrons. The van der Waals surface area contributed by atoms with Crippen LogP contribution in [0, 0.1) is 23.6 Å². The quantitative estimate of drug-likeness (QED) is 0.330. The Kier molecular flexibility index (Phi) is 6.34. The second-order valence-electron chi connectivity index (χ2n) is 13.0. The van der Waals surface area contributed by atoms with Crippen LogP contribution >= 0.6 is 0 Å². The zero-order valence-electron chi connectivity index (χ0n) is 24.4. The van der Waals surface area contributed by atoms with Gasteiger partial charge in [-0.25, -0.2) is 4.39 Å². The first-order chi connectivity index (χ1) is 20.9. The van der Waals surface area contributed by atoms with E-state index in [1.807, 2.05) is 30.3 Å². The molecule has 0 bridgehead atoms. The van der Waals surface area contributed by atoms with Crippen LogP contribution < -0.4 is 5.73 Å². The van der Waals surface area contributed by atoms with Gasteiger partial charge in [0.25, 0.3) is 5.91 Å². The number of aromatic hydroxyl groups is 1. The number of aliphatic hydroxyl groups excluding tert-OH is 2. The molecule has 2 aromatic rings. The van der Waals surface area contributed by atoms with Crippen LogP contribution in [-0.2, 0) is 33.8 Å². The fraction of sp³-hybridized carbons (Fsp3) is 0.424. The minimum absolute atomic E-state index is 0.0708. The molecule has 6 N–H and O–H groups in total. The lowest BCUT2D eigenvalue weighted by Gasteiger charge is -2.50. The van der Waals surface area contributed by atoms with Gasteiger partial charge in [0.2, 0.25) is 5.78 Å². The normalized spacial score (nSPS) is 31.2. The number of fused-ring (bicyclic) bond motifs is 6. The Balaban J connectivity index is 1.35. The fourth-order valence-corrected chi connectivity index (χ4v) is 8.74. The molecule has 2 fully saturated rings. The largest absolute Gasteiger partial charge is 0.508 e. The molecule has 11 heteroatoms. The molecule has 0 aromatic heterocycles. The van der Waals surface area contributed by atoms with Gasteiger partial charge in [0, 0.05) is 40.8 Å². The number of amides is 1. The van der Waals surface area contributed by atoms with Crippen molar-refractivity contribution in [1.29, 1.82) is 0 Å². The number of Topliss-reactive ketones (excluding diaryl/α,β-unsaturated/α-hetero) is 2. The summed E-state index contributed by atoms with van der Waals surface area (Å²) in [6.45, 7) is 1.40. The van der Waals surface area contributed by atoms with Gasteiger partial charge in [-0.2, -0.15) is 0 Å². The Hall–Kier alpha value is -4.06. The second kappa shape index (κ2) is 9.72. The Morgan fingerprint density at radius 1 is 1.11 bits per heavy atom. The van der Waals surface area contributed by atoms with E-state index in [0.717, 1.165) is 18.5 Å². The summed E-state index contributed by atoms with van der Waals surface area (Å²) in [5.74, 6) is -7.84. The number of phenolic OH excluding ortho intramolecular Hbond substituents is 1. The maximum Gasteiger partial charge on any atom is 0.255 e. The summed E-state index contributed by atoms with van der Waals surface area (Å²) in [6, 6.07) is 8.44. The molecule has 7 rings (SSSR count). The minimum atomic E-state index is -2.73. The number of aliphatic hydroxyl groups is 3. The van der Waals surface area contributed by atoms with E-state index < -0.39 is 63.9 Å². The van der Waals surface area contributed by atoms with Gasteiger partial charge in [-0.1, -0.05) is 30.3 Å². The van der Waals surface area contributed by atoms with Gasteiger partial charge < -0.3 is 26.2 Å². The van der Waals surface area contributed by atoms with Crippen LogP contribution in [-0.4, -0.2) is 80.0 Å². The number of halogens is 1. The summed E-state index contributed by atoms with van der Waals surface area (Å²) in [6.07, 6.45) is 1.06. The summed E-state index contributed by atoms with van der Waals surface area (Å²) < 4.78 is 16.7. The van der Waals surface area contributed by atoms with Crippen molar-refractivity contribution in [3.8, 4) is 5.75 Å². The van der Waals surface area contributed by atoms with E-state index in [1.54, 1.807) is 0 Å². The predicted molar refractivity (Wildman–Crippen MR) is 156 cm³/mol. The first-order valence-corrected chi connectivity index (χ1v) is 14.9. The van der Waals surface area contributed by atoms with Crippen LogP contribution in [0.5, 0.6) is 5.75 Å². The number of hydrogen-bond donors (Lipinski definition) is 5.